The van der Waals surface area contributed by atoms with Crippen molar-refractivity contribution in [1.82, 2.24) is 0 Å². The average molecular weight is 1570 g/mol. The summed E-state index contributed by atoms with van der Waals surface area (Å²) in [7, 11) is -1.38. The Kier molecular flexibility index (Phi) is 28.3. The summed E-state index contributed by atoms with van der Waals surface area (Å²) in [6.07, 6.45) is 0. The first-order valence-corrected chi connectivity index (χ1v) is 33.4. The Balaban J connectivity index is 0.000000236. The molecule has 3 aliphatic rings. The van der Waals surface area contributed by atoms with Crippen LogP contribution < -0.4 is 62.0 Å². The molecule has 10 nitrogen and oxygen atoms in total. The van der Waals surface area contributed by atoms with Gasteiger partial charge in [-0.2, -0.15) is 0 Å². The molecule has 0 saturated carbocycles. The Bertz CT molecular complexity index is 4530. The number of hydrogen-bond donors (Lipinski definition) is 0. The third-order valence-electron chi connectivity index (χ3n) is 19.2. The van der Waals surface area contributed by atoms with Gasteiger partial charge in [0.2, 0.25) is 0 Å². The summed E-state index contributed by atoms with van der Waals surface area (Å²) in [4.78, 5) is 8.89. The van der Waals surface area contributed by atoms with Crippen LogP contribution in [-0.2, 0) is 53.8 Å². The molecule has 0 unspecified atom stereocenters. The number of carboxylic acid groups (broad SMARTS) is 1. The van der Waals surface area contributed by atoms with Crippen LogP contribution in [0.1, 0.15) is 126 Å². The molecule has 3 aliphatic heterocycles. The van der Waals surface area contributed by atoms with Gasteiger partial charge in [0, 0.05) is 59.7 Å². The van der Waals surface area contributed by atoms with Crippen molar-refractivity contribution in [2.45, 2.75) is 160 Å². The molecular weight excluding hydrogens is 1470 g/mol. The van der Waals surface area contributed by atoms with Crippen LogP contribution in [-0.4, -0.2) is 60.7 Å². The standard InChI is InChI=1S/C36H31BO3.C30H19ClO.C12H24B2O4.C2H4O2.C2H6.3CH4.K.W/c1-35(2)36(3,4)40-37(39-35)29-18-19-31-33(23-29)38-32-17-11-16-30(34(31)32)28-21-26(24-12-7-5-8-13-24)20-27(22-28)25-14-9-6-10-15-25;31-25-14-15-27-29(19-25)32-28-13-7-12-26(30(27)28)24-17-22(20-8-3-1-4-9-20)16-23(18-24)21-10-5-2-6-11-21;1-9(2)10(3,4)16-13(15-9)14-17-11(5,6)12(7,8)18-14;1-2(3)4;1-2;;;;;/h5-23H,1-4H3;1-19H;1-8H3;1H3,(H,3,4);1-2H3;3*1H4;;/q;;;;;;;;+1;/p-1. The van der Waals surface area contributed by atoms with Crippen molar-refractivity contribution in [2.75, 3.05) is 0 Å². The molecule has 0 atom stereocenters. The van der Waals surface area contributed by atoms with E-state index in [-0.39, 0.29) is 117 Å². The summed E-state index contributed by atoms with van der Waals surface area (Å²) in [5.74, 6) is -1.08. The fourth-order valence-electron chi connectivity index (χ4n) is 12.0. The Hall–Kier alpha value is -6.16. The van der Waals surface area contributed by atoms with Crippen LogP contribution in [0.5, 0.6) is 0 Å². The number of carboxylic acids is 1. The second kappa shape index (κ2) is 34.2. The molecule has 101 heavy (non-hydrogen) atoms. The van der Waals surface area contributed by atoms with Crippen LogP contribution in [0.4, 0.5) is 0 Å². The minimum absolute atomic E-state index is 0. The molecule has 10 aromatic carbocycles. The third kappa shape index (κ3) is 18.1. The number of fused-ring (bicyclic) bond motifs is 6. The molecule has 3 fully saturated rings. The molecule has 0 aliphatic carbocycles. The zero-order valence-electron chi connectivity index (χ0n) is 59.0. The van der Waals surface area contributed by atoms with Gasteiger partial charge in [-0.25, -0.2) is 0 Å². The SMILES string of the molecule is C.C.C.CC.CC(=O)[O-].CC1(C)OB(B2OC(C)(C)C(C)(C)O2)OC1(C)C.CC1(C)OB(c2ccc3c(c2)oc2cccc(-c4cc(-c5ccccc5)cc(-c5ccccc5)c4)c23)OC1(C)C.Clc1ccc2c(c1)oc1cccc(-c3cc(-c4ccccc4)cc(-c4ccccc4)c3)c12.[K+].[W]. The van der Waals surface area contributed by atoms with Crippen LogP contribution in [0.25, 0.3) is 111 Å². The van der Waals surface area contributed by atoms with Gasteiger partial charge >= 0.3 is 72.5 Å². The van der Waals surface area contributed by atoms with E-state index in [1.807, 2.05) is 99.6 Å². The van der Waals surface area contributed by atoms with Crippen molar-refractivity contribution in [3.8, 4) is 66.8 Å². The Morgan fingerprint density at radius 3 is 0.941 bits per heavy atom. The first-order chi connectivity index (χ1) is 45.7. The van der Waals surface area contributed by atoms with Crippen molar-refractivity contribution in [1.29, 1.82) is 0 Å². The van der Waals surface area contributed by atoms with E-state index < -0.39 is 38.3 Å². The van der Waals surface area contributed by atoms with Gasteiger partial charge in [-0.3, -0.25) is 0 Å². The van der Waals surface area contributed by atoms with E-state index >= 15 is 0 Å². The molecule has 0 amide bonds. The van der Waals surface area contributed by atoms with Gasteiger partial charge in [0.05, 0.1) is 33.6 Å². The number of carbonyl (C=O) groups is 1. The van der Waals surface area contributed by atoms with Gasteiger partial charge in [0.15, 0.2) is 0 Å². The minimum Gasteiger partial charge on any atom is -0.550 e. The first-order valence-electron chi connectivity index (χ1n) is 33.0. The fourth-order valence-corrected chi connectivity index (χ4v) is 12.2. The molecule has 5 heterocycles. The van der Waals surface area contributed by atoms with E-state index in [1.165, 1.54) is 44.5 Å². The molecular formula is C85H95B3ClKO10W. The van der Waals surface area contributed by atoms with Crippen molar-refractivity contribution < 1.29 is 119 Å². The minimum atomic E-state index is -1.08. The van der Waals surface area contributed by atoms with Crippen LogP contribution >= 0.6 is 11.6 Å². The third-order valence-corrected chi connectivity index (χ3v) is 19.4. The maximum atomic E-state index is 8.89. The van der Waals surface area contributed by atoms with E-state index in [0.717, 1.165) is 78.5 Å². The molecule has 0 N–H and O–H groups in total. The van der Waals surface area contributed by atoms with E-state index in [2.05, 4.69) is 228 Å². The maximum Gasteiger partial charge on any atom is 1.00 e. The van der Waals surface area contributed by atoms with Crippen molar-refractivity contribution in [3.05, 3.63) is 236 Å². The predicted octanol–water partition coefficient (Wildman–Crippen LogP) is 19.1. The average Bonchev–Trinajstić information content (AvgIpc) is 1.66. The Morgan fingerprint density at radius 2 is 0.624 bits per heavy atom. The summed E-state index contributed by atoms with van der Waals surface area (Å²) >= 11 is 6.22. The largest absolute Gasteiger partial charge is 1.00 e. The smallest absolute Gasteiger partial charge is 0.550 e. The molecule has 0 bridgehead atoms. The summed E-state index contributed by atoms with van der Waals surface area (Å²) in [5, 5.41) is 13.9. The summed E-state index contributed by atoms with van der Waals surface area (Å²) in [6.45, 7) is 29.5. The number of rotatable bonds is 8. The van der Waals surface area contributed by atoms with Gasteiger partial charge < -0.3 is 46.7 Å². The topological polar surface area (TPSA) is 122 Å². The second-order valence-corrected chi connectivity index (χ2v) is 27.8. The summed E-state index contributed by atoms with van der Waals surface area (Å²) in [6, 6.07) is 80.6. The zero-order chi connectivity index (χ0) is 68.5. The number of aliphatic carboxylic acids is 1. The van der Waals surface area contributed by atoms with Gasteiger partial charge in [0.25, 0.3) is 0 Å². The summed E-state index contributed by atoms with van der Waals surface area (Å²) < 4.78 is 49.1. The number of halogens is 1. The molecule has 3 saturated heterocycles. The molecule has 0 spiro atoms. The molecule has 518 valence electrons. The number of furan rings is 2. The molecule has 12 aromatic rings. The number of hydrogen-bond acceptors (Lipinski definition) is 10. The Morgan fingerprint density at radius 1 is 0.347 bits per heavy atom. The van der Waals surface area contributed by atoms with Crippen molar-refractivity contribution in [2.24, 2.45) is 0 Å². The van der Waals surface area contributed by atoms with E-state index in [0.29, 0.717) is 5.02 Å². The summed E-state index contributed by atoms with van der Waals surface area (Å²) in [5.41, 5.74) is 16.2. The van der Waals surface area contributed by atoms with Crippen molar-refractivity contribution >= 4 is 88.0 Å². The van der Waals surface area contributed by atoms with Gasteiger partial charge in [0.1, 0.15) is 22.3 Å². The van der Waals surface area contributed by atoms with E-state index in [4.69, 9.17) is 58.3 Å². The first kappa shape index (κ1) is 83.8. The van der Waals surface area contributed by atoms with E-state index in [9.17, 15) is 0 Å². The zero-order valence-corrected chi connectivity index (χ0v) is 65.9. The maximum absolute atomic E-state index is 8.89. The van der Waals surface area contributed by atoms with Crippen LogP contribution in [0, 0.1) is 0 Å². The molecule has 15 rings (SSSR count). The van der Waals surface area contributed by atoms with Crippen LogP contribution in [0.15, 0.2) is 239 Å². The van der Waals surface area contributed by atoms with Crippen LogP contribution in [0.3, 0.4) is 0 Å². The predicted molar refractivity (Wildman–Crippen MR) is 415 cm³/mol. The molecule has 16 heteroatoms. The fraction of sp³-hybridized carbons (Fsp3) is 0.282. The monoisotopic (exact) mass is 1570 g/mol. The van der Waals surface area contributed by atoms with Crippen molar-refractivity contribution in [3.63, 3.8) is 0 Å². The Labute approximate surface area is 662 Å². The van der Waals surface area contributed by atoms with Crippen LogP contribution in [0.2, 0.25) is 5.02 Å². The normalized spacial score (nSPS) is 16.0. The van der Waals surface area contributed by atoms with Gasteiger partial charge in [-0.15, -0.1) is 0 Å². The number of carbonyl (C=O) groups excluding carboxylic acids is 1. The molecule has 0 radical (unpaired) electrons. The second-order valence-electron chi connectivity index (χ2n) is 27.3. The quantitative estimate of drug-likeness (QED) is 0.136. The van der Waals surface area contributed by atoms with Gasteiger partial charge in [-0.1, -0.05) is 205 Å². The number of benzene rings is 10. The molecule has 2 aromatic heterocycles. The van der Waals surface area contributed by atoms with Gasteiger partial charge in [-0.05, 0) is 229 Å². The van der Waals surface area contributed by atoms with E-state index in [1.54, 1.807) is 0 Å².